The molecule has 1 atom stereocenters. The van der Waals surface area contributed by atoms with Crippen LogP contribution in [0.2, 0.25) is 0 Å². The number of carboxylic acids is 1. The van der Waals surface area contributed by atoms with Crippen molar-refractivity contribution in [3.63, 3.8) is 0 Å². The van der Waals surface area contributed by atoms with E-state index in [-0.39, 0.29) is 16.9 Å². The molecule has 10 heteroatoms. The third-order valence-corrected chi connectivity index (χ3v) is 5.29. The standard InChI is InChI=1S/C21H14N6O4/c28-21(29)14-7-4-8-15(27(30)31)18(14)22-19-13-10-9-12(11-5-2-1-3-6-11)16(19)17(13)20-23-25-26-24-20/h1-10,19,22H,(H,28,29)(H,23,24,25,26). The Morgan fingerprint density at radius 3 is 2.58 bits per heavy atom. The van der Waals surface area contributed by atoms with Gasteiger partial charge in [0.15, 0.2) is 0 Å². The topological polar surface area (TPSA) is 147 Å². The molecule has 0 spiro atoms. The molecule has 152 valence electrons. The van der Waals surface area contributed by atoms with Gasteiger partial charge in [-0.25, -0.2) is 4.79 Å². The van der Waals surface area contributed by atoms with E-state index in [0.29, 0.717) is 5.82 Å². The quantitative estimate of drug-likeness (QED) is 0.320. The molecule has 4 aromatic rings. The number of aromatic nitrogens is 4. The Kier molecular flexibility index (Phi) is 4.18. The lowest BCUT2D eigenvalue weighted by Gasteiger charge is -2.36. The first-order valence-corrected chi connectivity index (χ1v) is 9.29. The fraction of sp³-hybridized carbons (Fsp3) is 0.0476. The molecule has 2 aliphatic carbocycles. The number of carboxylic acid groups (broad SMARTS) is 1. The molecule has 0 saturated heterocycles. The van der Waals surface area contributed by atoms with Crippen molar-refractivity contribution in [3.8, 4) is 22.5 Å². The summed E-state index contributed by atoms with van der Waals surface area (Å²) in [5.74, 6) is -0.849. The van der Waals surface area contributed by atoms with Crippen LogP contribution in [0.15, 0.2) is 60.7 Å². The summed E-state index contributed by atoms with van der Waals surface area (Å²) in [6.07, 6.45) is 0. The van der Waals surface area contributed by atoms with Gasteiger partial charge in [0, 0.05) is 11.6 Å². The number of anilines is 1. The van der Waals surface area contributed by atoms with E-state index in [1.54, 1.807) is 0 Å². The minimum absolute atomic E-state index is 0.0464. The Bertz CT molecular complexity index is 1290. The Hall–Kier alpha value is -4.60. The Labute approximate surface area is 174 Å². The normalized spacial score (nSPS) is 14.0. The summed E-state index contributed by atoms with van der Waals surface area (Å²) < 4.78 is 0. The lowest BCUT2D eigenvalue weighted by molar-refractivity contribution is -0.384. The van der Waals surface area contributed by atoms with Crippen LogP contribution in [-0.2, 0) is 0 Å². The Morgan fingerprint density at radius 1 is 1.10 bits per heavy atom. The molecular weight excluding hydrogens is 400 g/mol. The molecule has 2 aliphatic rings. The lowest BCUT2D eigenvalue weighted by Crippen LogP contribution is -2.26. The number of hydrogen-bond donors (Lipinski definition) is 3. The minimum atomic E-state index is -1.25. The number of nitrogens with one attached hydrogen (secondary N) is 2. The fourth-order valence-electron chi connectivity index (χ4n) is 3.96. The van der Waals surface area contributed by atoms with Crippen molar-refractivity contribution in [2.75, 3.05) is 5.32 Å². The van der Waals surface area contributed by atoms with Crippen LogP contribution in [-0.4, -0.2) is 36.6 Å². The average molecular weight is 414 g/mol. The third-order valence-electron chi connectivity index (χ3n) is 5.29. The number of nitro benzene ring substituents is 1. The second kappa shape index (κ2) is 7.02. The summed E-state index contributed by atoms with van der Waals surface area (Å²) in [7, 11) is 0. The van der Waals surface area contributed by atoms with Crippen LogP contribution in [0.3, 0.4) is 0 Å². The number of rotatable bonds is 6. The number of para-hydroxylation sites is 1. The molecule has 2 bridgehead atoms. The van der Waals surface area contributed by atoms with Gasteiger partial charge in [0.05, 0.1) is 16.5 Å². The molecule has 0 aliphatic heterocycles. The molecule has 6 rings (SSSR count). The highest BCUT2D eigenvalue weighted by Crippen LogP contribution is 2.52. The van der Waals surface area contributed by atoms with E-state index in [0.717, 1.165) is 27.8 Å². The predicted molar refractivity (Wildman–Crippen MR) is 111 cm³/mol. The largest absolute Gasteiger partial charge is 0.478 e. The van der Waals surface area contributed by atoms with Crippen molar-refractivity contribution < 1.29 is 14.8 Å². The van der Waals surface area contributed by atoms with E-state index in [4.69, 9.17) is 0 Å². The molecule has 3 aromatic carbocycles. The Balaban J connectivity index is 1.66. The maximum atomic E-state index is 11.7. The maximum Gasteiger partial charge on any atom is 0.338 e. The van der Waals surface area contributed by atoms with Crippen molar-refractivity contribution in [2.45, 2.75) is 6.04 Å². The van der Waals surface area contributed by atoms with Crippen molar-refractivity contribution >= 4 is 17.3 Å². The maximum absolute atomic E-state index is 11.7. The van der Waals surface area contributed by atoms with Gasteiger partial charge < -0.3 is 10.4 Å². The van der Waals surface area contributed by atoms with E-state index >= 15 is 0 Å². The SMILES string of the molecule is O=C(O)c1cccc([N+](=O)[O-])c1NC1C2=C(c3nn[nH]n3)C1=C(c1ccccc1)C=C2. The molecule has 1 unspecified atom stereocenters. The summed E-state index contributed by atoms with van der Waals surface area (Å²) in [4.78, 5) is 22.7. The highest BCUT2D eigenvalue weighted by atomic mass is 16.6. The molecule has 31 heavy (non-hydrogen) atoms. The van der Waals surface area contributed by atoms with E-state index in [2.05, 4.69) is 25.9 Å². The first-order valence-electron chi connectivity index (χ1n) is 9.29. The highest BCUT2D eigenvalue weighted by molar-refractivity contribution is 5.98. The summed E-state index contributed by atoms with van der Waals surface area (Å²) in [6, 6.07) is 17.0. The van der Waals surface area contributed by atoms with E-state index in [9.17, 15) is 20.0 Å². The van der Waals surface area contributed by atoms with E-state index < -0.39 is 16.9 Å². The van der Waals surface area contributed by atoms with Gasteiger partial charge in [0.25, 0.3) is 5.69 Å². The van der Waals surface area contributed by atoms with Crippen LogP contribution in [0, 0.1) is 10.1 Å². The van der Waals surface area contributed by atoms with Crippen molar-refractivity contribution in [3.05, 3.63) is 87.5 Å². The molecule has 10 nitrogen and oxygen atoms in total. The van der Waals surface area contributed by atoms with Crippen LogP contribution in [0.4, 0.5) is 11.4 Å². The molecule has 0 fully saturated rings. The van der Waals surface area contributed by atoms with Gasteiger partial charge >= 0.3 is 5.97 Å². The second-order valence-electron chi connectivity index (χ2n) is 6.93. The van der Waals surface area contributed by atoms with Crippen molar-refractivity contribution in [2.24, 2.45) is 0 Å². The van der Waals surface area contributed by atoms with Crippen LogP contribution in [0.1, 0.15) is 27.5 Å². The number of fused-ring (bicyclic) bond motifs is 2. The van der Waals surface area contributed by atoms with Crippen molar-refractivity contribution in [1.29, 1.82) is 0 Å². The lowest BCUT2D eigenvalue weighted by atomic mass is 9.74. The summed E-state index contributed by atoms with van der Waals surface area (Å²) in [5.41, 5.74) is 3.69. The zero-order chi connectivity index (χ0) is 21.5. The zero-order valence-electron chi connectivity index (χ0n) is 15.8. The van der Waals surface area contributed by atoms with Crippen LogP contribution in [0.25, 0.3) is 22.5 Å². The van der Waals surface area contributed by atoms with Gasteiger partial charge in [-0.1, -0.05) is 48.5 Å². The predicted octanol–water partition coefficient (Wildman–Crippen LogP) is 3.66. The molecule has 1 heterocycles. The van der Waals surface area contributed by atoms with E-state index in [1.807, 2.05) is 42.5 Å². The van der Waals surface area contributed by atoms with Gasteiger partial charge in [0.1, 0.15) is 5.69 Å². The number of tetrazole rings is 1. The average Bonchev–Trinajstić information content (AvgIpc) is 3.31. The smallest absolute Gasteiger partial charge is 0.338 e. The Morgan fingerprint density at radius 2 is 1.90 bits per heavy atom. The number of nitro groups is 1. The number of hydrogen-bond acceptors (Lipinski definition) is 7. The van der Waals surface area contributed by atoms with Gasteiger partial charge in [-0.2, -0.15) is 5.21 Å². The van der Waals surface area contributed by atoms with Gasteiger partial charge in [-0.3, -0.25) is 10.1 Å². The number of carbonyl (C=O) groups is 1. The van der Waals surface area contributed by atoms with E-state index in [1.165, 1.54) is 18.2 Å². The van der Waals surface area contributed by atoms with Crippen LogP contribution < -0.4 is 5.32 Å². The molecule has 1 aromatic heterocycles. The summed E-state index contributed by atoms with van der Waals surface area (Å²) in [5, 5.41) is 38.5. The minimum Gasteiger partial charge on any atom is -0.478 e. The molecule has 3 N–H and O–H groups in total. The third kappa shape index (κ3) is 2.89. The highest BCUT2D eigenvalue weighted by Gasteiger charge is 2.38. The van der Waals surface area contributed by atoms with Gasteiger partial charge in [-0.15, -0.1) is 10.2 Å². The first-order chi connectivity index (χ1) is 15.1. The summed E-state index contributed by atoms with van der Waals surface area (Å²) >= 11 is 0. The molecule has 0 amide bonds. The van der Waals surface area contributed by atoms with Crippen molar-refractivity contribution in [1.82, 2.24) is 20.6 Å². The zero-order valence-corrected chi connectivity index (χ0v) is 15.8. The second-order valence-corrected chi connectivity index (χ2v) is 6.93. The summed E-state index contributed by atoms with van der Waals surface area (Å²) in [6.45, 7) is 0. The number of nitrogens with zero attached hydrogens (tertiary/aromatic N) is 4. The monoisotopic (exact) mass is 414 g/mol. The first kappa shape index (κ1) is 18.4. The number of aromatic carboxylic acids is 1. The fourth-order valence-corrected chi connectivity index (χ4v) is 3.96. The number of benzene rings is 3. The molecule has 0 saturated carbocycles. The number of aromatic amines is 1. The van der Waals surface area contributed by atoms with Crippen LogP contribution in [0.5, 0.6) is 0 Å². The van der Waals surface area contributed by atoms with Crippen LogP contribution >= 0.6 is 0 Å². The number of H-pyrrole nitrogens is 1. The molecular formula is C21H14N6O4. The van der Waals surface area contributed by atoms with Gasteiger partial charge in [0.2, 0.25) is 5.82 Å². The molecule has 0 radical (unpaired) electrons. The van der Waals surface area contributed by atoms with Gasteiger partial charge in [-0.05, 0) is 33.5 Å².